The van der Waals surface area contributed by atoms with Crippen molar-refractivity contribution in [3.63, 3.8) is 0 Å². The lowest BCUT2D eigenvalue weighted by molar-refractivity contribution is -0.137. The van der Waals surface area contributed by atoms with Crippen LogP contribution in [0.5, 0.6) is 0 Å². The molecule has 1 aromatic heterocycles. The number of aromatic nitrogens is 2. The van der Waals surface area contributed by atoms with Crippen LogP contribution in [0.2, 0.25) is 0 Å². The van der Waals surface area contributed by atoms with E-state index in [2.05, 4.69) is 27.2 Å². The fourth-order valence-electron chi connectivity index (χ4n) is 2.48. The van der Waals surface area contributed by atoms with Gasteiger partial charge < -0.3 is 15.8 Å². The van der Waals surface area contributed by atoms with E-state index >= 15 is 0 Å². The summed E-state index contributed by atoms with van der Waals surface area (Å²) in [6.45, 7) is 6.10. The number of hydrogen-bond donors (Lipinski definition) is 2. The van der Waals surface area contributed by atoms with E-state index in [1.165, 1.54) is 14.2 Å². The summed E-state index contributed by atoms with van der Waals surface area (Å²) in [5.74, 6) is -0.157. The van der Waals surface area contributed by atoms with Gasteiger partial charge in [-0.05, 0) is 18.1 Å². The molecule has 6 nitrogen and oxygen atoms in total. The van der Waals surface area contributed by atoms with Gasteiger partial charge in [-0.1, -0.05) is 45.8 Å². The molecule has 0 spiro atoms. The van der Waals surface area contributed by atoms with Crippen LogP contribution >= 0.6 is 0 Å². The largest absolute Gasteiger partial charge is 0.492 e. The molecule has 0 amide bonds. The minimum Gasteiger partial charge on any atom is -0.492 e. The molecule has 1 heterocycles. The Kier molecular flexibility index (Phi) is 9.37. The second-order valence-corrected chi connectivity index (χ2v) is 5.76. The summed E-state index contributed by atoms with van der Waals surface area (Å²) < 4.78 is 44.2. The molecule has 2 rings (SSSR count). The first-order valence-electron chi connectivity index (χ1n) is 9.45. The van der Waals surface area contributed by atoms with Crippen molar-refractivity contribution in [2.45, 2.75) is 46.2 Å². The molecule has 0 bridgehead atoms. The maximum Gasteiger partial charge on any atom is 0.421 e. The van der Waals surface area contributed by atoms with Crippen molar-refractivity contribution in [3.8, 4) is 0 Å². The quantitative estimate of drug-likeness (QED) is 0.633. The monoisotopic (exact) mass is 411 g/mol. The zero-order chi connectivity index (χ0) is 22.0. The highest BCUT2D eigenvalue weighted by molar-refractivity contribution is 6.10. The first-order chi connectivity index (χ1) is 13.8. The molecule has 0 saturated heterocycles. The van der Waals surface area contributed by atoms with Crippen molar-refractivity contribution in [3.05, 3.63) is 47.0 Å². The Balaban J connectivity index is 0.00000204. The van der Waals surface area contributed by atoms with Gasteiger partial charge in [-0.25, -0.2) is 9.98 Å². The second-order valence-electron chi connectivity index (χ2n) is 5.76. The van der Waals surface area contributed by atoms with E-state index in [0.717, 1.165) is 24.8 Å². The Bertz CT molecular complexity index is 811. The van der Waals surface area contributed by atoms with Crippen LogP contribution < -0.4 is 11.1 Å². The number of alkyl halides is 3. The third kappa shape index (κ3) is 6.33. The van der Waals surface area contributed by atoms with Crippen LogP contribution in [0.4, 0.5) is 24.9 Å². The summed E-state index contributed by atoms with van der Waals surface area (Å²) in [7, 11) is 2.80. The predicted octanol–water partition coefficient (Wildman–Crippen LogP) is 5.14. The predicted molar refractivity (Wildman–Crippen MR) is 110 cm³/mol. The Morgan fingerprint density at radius 3 is 2.52 bits per heavy atom. The van der Waals surface area contributed by atoms with Gasteiger partial charge in [0.15, 0.2) is 5.76 Å². The van der Waals surface area contributed by atoms with Gasteiger partial charge in [0.1, 0.15) is 17.1 Å². The van der Waals surface area contributed by atoms with Crippen LogP contribution in [-0.4, -0.2) is 29.8 Å². The van der Waals surface area contributed by atoms with E-state index in [1.54, 1.807) is 12.2 Å². The van der Waals surface area contributed by atoms with E-state index in [4.69, 9.17) is 10.5 Å². The third-order valence-electron chi connectivity index (χ3n) is 3.87. The summed E-state index contributed by atoms with van der Waals surface area (Å²) in [6.07, 6.45) is 4.60. The van der Waals surface area contributed by atoms with Crippen molar-refractivity contribution in [1.82, 2.24) is 9.97 Å². The summed E-state index contributed by atoms with van der Waals surface area (Å²) in [6, 6.07) is 0. The molecule has 3 N–H and O–H groups in total. The summed E-state index contributed by atoms with van der Waals surface area (Å²) in [5.41, 5.74) is 6.76. The number of aliphatic imine (C=N–C) groups is 1. The van der Waals surface area contributed by atoms with Gasteiger partial charge in [0.05, 0.1) is 12.8 Å². The van der Waals surface area contributed by atoms with Gasteiger partial charge in [0.2, 0.25) is 0 Å². The topological polar surface area (TPSA) is 85.4 Å². The number of halogens is 3. The molecule has 9 heteroatoms. The lowest BCUT2D eigenvalue weighted by Crippen LogP contribution is -2.17. The molecule has 1 aliphatic rings. The van der Waals surface area contributed by atoms with Gasteiger partial charge in [-0.15, -0.1) is 0 Å². The lowest BCUT2D eigenvalue weighted by Gasteiger charge is -2.16. The molecule has 0 atom stereocenters. The number of ether oxygens (including phenoxy) is 1. The number of unbranched alkanes of at least 4 members (excludes halogenated alkanes) is 2. The number of methoxy groups -OCH3 is 1. The molecule has 0 unspecified atom stereocenters. The summed E-state index contributed by atoms with van der Waals surface area (Å²) in [5, 5.41) is 2.41. The Labute approximate surface area is 169 Å². The maximum absolute atomic E-state index is 12.9. The van der Waals surface area contributed by atoms with Crippen LogP contribution in [0, 0.1) is 0 Å². The van der Waals surface area contributed by atoms with Crippen LogP contribution in [-0.2, 0) is 10.9 Å². The first kappa shape index (κ1) is 24.2. The fraction of sp³-hybridized carbons (Fsp3) is 0.450. The smallest absolute Gasteiger partial charge is 0.421 e. The minimum absolute atomic E-state index is 0.132. The highest BCUT2D eigenvalue weighted by Crippen LogP contribution is 2.34. The SMILES string of the molecule is CC.CCCC/C=C1C=C/C(=N\c2ncc(C(F)(F)F)c(NC)n2)C(OC)=C/1N. The number of allylic oxidation sites excluding steroid dienone is 3. The van der Waals surface area contributed by atoms with E-state index < -0.39 is 11.7 Å². The van der Waals surface area contributed by atoms with Crippen molar-refractivity contribution < 1.29 is 17.9 Å². The number of rotatable bonds is 6. The van der Waals surface area contributed by atoms with E-state index in [1.807, 2.05) is 19.9 Å². The Morgan fingerprint density at radius 1 is 1.28 bits per heavy atom. The molecule has 29 heavy (non-hydrogen) atoms. The molecule has 0 aromatic carbocycles. The minimum atomic E-state index is -4.56. The maximum atomic E-state index is 12.9. The molecule has 0 fully saturated rings. The number of nitrogens with zero attached hydrogens (tertiary/aromatic N) is 3. The van der Waals surface area contributed by atoms with Gasteiger partial charge in [0, 0.05) is 13.2 Å². The molecule has 1 aromatic rings. The highest BCUT2D eigenvalue weighted by atomic mass is 19.4. The van der Waals surface area contributed by atoms with Crippen LogP contribution in [0.25, 0.3) is 0 Å². The molecule has 0 radical (unpaired) electrons. The Hall–Kier alpha value is -2.84. The zero-order valence-corrected chi connectivity index (χ0v) is 17.4. The number of nitrogens with two attached hydrogens (primary N) is 1. The average Bonchev–Trinajstić information content (AvgIpc) is 2.70. The first-order valence-corrected chi connectivity index (χ1v) is 9.45. The van der Waals surface area contributed by atoms with Crippen molar-refractivity contribution in [2.75, 3.05) is 19.5 Å². The summed E-state index contributed by atoms with van der Waals surface area (Å²) in [4.78, 5) is 11.7. The number of anilines is 1. The number of nitrogens with one attached hydrogen (secondary N) is 1. The van der Waals surface area contributed by atoms with Gasteiger partial charge in [0.25, 0.3) is 5.95 Å². The molecular formula is C20H28F3N5O. The van der Waals surface area contributed by atoms with E-state index in [0.29, 0.717) is 23.4 Å². The second kappa shape index (κ2) is 11.2. The van der Waals surface area contributed by atoms with Gasteiger partial charge >= 0.3 is 6.18 Å². The molecule has 0 saturated carbocycles. The average molecular weight is 411 g/mol. The Morgan fingerprint density at radius 2 is 1.97 bits per heavy atom. The third-order valence-corrected chi connectivity index (χ3v) is 3.87. The van der Waals surface area contributed by atoms with E-state index in [-0.39, 0.29) is 11.8 Å². The van der Waals surface area contributed by atoms with Crippen LogP contribution in [0.3, 0.4) is 0 Å². The fourth-order valence-corrected chi connectivity index (χ4v) is 2.48. The molecular weight excluding hydrogens is 383 g/mol. The van der Waals surface area contributed by atoms with Crippen LogP contribution in [0.1, 0.15) is 45.6 Å². The normalized spacial score (nSPS) is 16.7. The summed E-state index contributed by atoms with van der Waals surface area (Å²) >= 11 is 0. The van der Waals surface area contributed by atoms with E-state index in [9.17, 15) is 13.2 Å². The highest BCUT2D eigenvalue weighted by Gasteiger charge is 2.35. The van der Waals surface area contributed by atoms with Crippen molar-refractivity contribution in [1.29, 1.82) is 0 Å². The molecule has 1 aliphatic carbocycles. The van der Waals surface area contributed by atoms with Crippen LogP contribution in [0.15, 0.2) is 46.4 Å². The standard InChI is InChI=1S/C18H22F3N5O.C2H6/c1-4-5-6-7-11-8-9-13(15(27-3)14(11)22)25-17-24-10-12(18(19,20)21)16(23-2)26-17;1-2/h7-10H,4-6,22H2,1-3H3,(H,23,24,26);1-2H3/b11-7-,25-13+;. The van der Waals surface area contributed by atoms with Crippen molar-refractivity contribution in [2.24, 2.45) is 10.7 Å². The van der Waals surface area contributed by atoms with Gasteiger partial charge in [-0.3, -0.25) is 0 Å². The van der Waals surface area contributed by atoms with Gasteiger partial charge in [-0.2, -0.15) is 18.2 Å². The number of hydrogen-bond acceptors (Lipinski definition) is 6. The lowest BCUT2D eigenvalue weighted by atomic mass is 10.0. The molecule has 160 valence electrons. The van der Waals surface area contributed by atoms with Crippen molar-refractivity contribution >= 4 is 17.5 Å². The molecule has 0 aliphatic heterocycles. The zero-order valence-electron chi connectivity index (χ0n) is 17.4.